The molecule has 0 spiro atoms. The van der Waals surface area contributed by atoms with Gasteiger partial charge in [0.25, 0.3) is 0 Å². The minimum atomic E-state index is -0.863. The van der Waals surface area contributed by atoms with Crippen molar-refractivity contribution in [2.45, 2.75) is 166 Å². The number of carbonyl (C=O) groups is 4. The Balaban J connectivity index is 0.807. The van der Waals surface area contributed by atoms with Gasteiger partial charge >= 0.3 is 0 Å². The van der Waals surface area contributed by atoms with Crippen LogP contribution in [0.1, 0.15) is 142 Å². The van der Waals surface area contributed by atoms with Crippen LogP contribution < -0.4 is 5.32 Å². The van der Waals surface area contributed by atoms with Crippen molar-refractivity contribution in [2.24, 2.45) is 29.6 Å². The first-order valence-electron chi connectivity index (χ1n) is 22.0. The fourth-order valence-electron chi connectivity index (χ4n) is 11.8. The van der Waals surface area contributed by atoms with E-state index in [-0.39, 0.29) is 48.7 Å². The standard InChI is InChI=1S/C43H68N4O6/c1-2-35(29-8-4-3-5-9-29)40(31-12-16-33(48)17-13-31)30-10-14-32(15-11-30)46-25-23-45(24-26-46)22-6-7-27-53-34-18-19-36-37(28-34)43(52)47(42(36)51)38-20-21-39(49)44-41(38)50/h29-34,36-38,48H,2-28H2,1H3,(H,44,49,50)/b40-35+. The van der Waals surface area contributed by atoms with Crippen molar-refractivity contribution in [1.82, 2.24) is 20.0 Å². The van der Waals surface area contributed by atoms with E-state index in [0.717, 1.165) is 74.5 Å². The zero-order valence-corrected chi connectivity index (χ0v) is 32.6. The molecule has 296 valence electrons. The fourth-order valence-corrected chi connectivity index (χ4v) is 11.8. The van der Waals surface area contributed by atoms with E-state index < -0.39 is 17.9 Å². The second-order valence-electron chi connectivity index (χ2n) is 17.8. The molecule has 7 fully saturated rings. The van der Waals surface area contributed by atoms with Gasteiger partial charge in [0.15, 0.2) is 0 Å². The van der Waals surface area contributed by atoms with E-state index >= 15 is 0 Å². The summed E-state index contributed by atoms with van der Waals surface area (Å²) in [5.41, 5.74) is 3.73. The lowest BCUT2D eigenvalue weighted by molar-refractivity contribution is -0.151. The second-order valence-corrected chi connectivity index (χ2v) is 17.8. The van der Waals surface area contributed by atoms with E-state index in [0.29, 0.717) is 25.4 Å². The first kappa shape index (κ1) is 39.1. The number of fused-ring (bicyclic) bond motifs is 1. The summed E-state index contributed by atoms with van der Waals surface area (Å²) < 4.78 is 6.25. The van der Waals surface area contributed by atoms with Crippen LogP contribution in [0, 0.1) is 29.6 Å². The summed E-state index contributed by atoms with van der Waals surface area (Å²) in [5, 5.41) is 12.6. The number of hydrogen-bond acceptors (Lipinski definition) is 8. The van der Waals surface area contributed by atoms with Gasteiger partial charge in [-0.1, -0.05) is 37.3 Å². The Labute approximate surface area is 318 Å². The van der Waals surface area contributed by atoms with E-state index in [2.05, 4.69) is 22.0 Å². The van der Waals surface area contributed by atoms with Crippen LogP contribution in [0.2, 0.25) is 0 Å². The molecule has 0 bridgehead atoms. The van der Waals surface area contributed by atoms with Gasteiger partial charge in [0.1, 0.15) is 6.04 Å². The fraction of sp³-hybridized carbons (Fsp3) is 0.860. The summed E-state index contributed by atoms with van der Waals surface area (Å²) in [6.45, 7) is 8.82. The number of hydrogen-bond donors (Lipinski definition) is 2. The highest BCUT2D eigenvalue weighted by molar-refractivity contribution is 6.10. The van der Waals surface area contributed by atoms with Gasteiger partial charge in [-0.05, 0) is 133 Å². The Morgan fingerprint density at radius 3 is 2.09 bits per heavy atom. The SMILES string of the molecule is CC/C(=C(\C1CCC(O)CC1)C1CCC(N2CCN(CCCCOC3CCC4C(=O)N(C5CCC(=O)NC5=O)C(=O)C4C3)CC2)CC1)C1CCCCC1. The molecule has 0 radical (unpaired) electrons. The molecule has 2 N–H and O–H groups in total. The number of nitrogens with one attached hydrogen (secondary N) is 1. The first-order valence-corrected chi connectivity index (χ1v) is 22.0. The number of allylic oxidation sites excluding steroid dienone is 2. The number of piperazine rings is 1. The Kier molecular flexibility index (Phi) is 13.4. The third kappa shape index (κ3) is 9.13. The van der Waals surface area contributed by atoms with Crippen molar-refractivity contribution >= 4 is 23.6 Å². The van der Waals surface area contributed by atoms with E-state index in [4.69, 9.17) is 4.74 Å². The summed E-state index contributed by atoms with van der Waals surface area (Å²) in [4.78, 5) is 56.9. The van der Waals surface area contributed by atoms with Crippen LogP contribution in [0.4, 0.5) is 0 Å². The van der Waals surface area contributed by atoms with Crippen LogP contribution in [-0.2, 0) is 23.9 Å². The molecule has 4 saturated carbocycles. The Morgan fingerprint density at radius 1 is 0.736 bits per heavy atom. The maximum Gasteiger partial charge on any atom is 0.249 e. The van der Waals surface area contributed by atoms with E-state index in [1.165, 1.54) is 90.1 Å². The van der Waals surface area contributed by atoms with Gasteiger partial charge in [0.2, 0.25) is 23.6 Å². The van der Waals surface area contributed by atoms with Crippen LogP contribution in [0.25, 0.3) is 0 Å². The molecule has 53 heavy (non-hydrogen) atoms. The van der Waals surface area contributed by atoms with Crippen molar-refractivity contribution < 1.29 is 29.0 Å². The molecular formula is C43H68N4O6. The summed E-state index contributed by atoms with van der Waals surface area (Å²) in [6.07, 6.45) is 22.2. The Morgan fingerprint density at radius 2 is 1.42 bits per heavy atom. The topological polar surface area (TPSA) is 119 Å². The summed E-state index contributed by atoms with van der Waals surface area (Å²) >= 11 is 0. The quantitative estimate of drug-likeness (QED) is 0.148. The average molecular weight is 737 g/mol. The third-order valence-corrected chi connectivity index (χ3v) is 14.7. The predicted octanol–water partition coefficient (Wildman–Crippen LogP) is 5.76. The smallest absolute Gasteiger partial charge is 0.249 e. The molecule has 10 heteroatoms. The number of carbonyl (C=O) groups excluding carboxylic acids is 4. The number of nitrogens with zero attached hydrogens (tertiary/aromatic N) is 3. The number of aliphatic hydroxyl groups excluding tert-OH is 1. The van der Waals surface area contributed by atoms with E-state index in [9.17, 15) is 24.3 Å². The zero-order valence-electron chi connectivity index (χ0n) is 32.6. The van der Waals surface area contributed by atoms with Crippen molar-refractivity contribution in [3.8, 4) is 0 Å². The van der Waals surface area contributed by atoms with Gasteiger partial charge in [0.05, 0.1) is 24.0 Å². The molecule has 7 aliphatic rings. The maximum atomic E-state index is 13.3. The van der Waals surface area contributed by atoms with E-state index in [1.54, 1.807) is 0 Å². The highest BCUT2D eigenvalue weighted by Gasteiger charge is 2.54. The lowest BCUT2D eigenvalue weighted by Crippen LogP contribution is -2.54. The number of amides is 4. The Hall–Kier alpha value is -2.14. The van der Waals surface area contributed by atoms with Crippen molar-refractivity contribution in [1.29, 1.82) is 0 Å². The summed E-state index contributed by atoms with van der Waals surface area (Å²) in [5.74, 6) is 0.104. The molecule has 0 aromatic rings. The third-order valence-electron chi connectivity index (χ3n) is 14.7. The molecule has 4 unspecified atom stereocenters. The first-order chi connectivity index (χ1) is 25.8. The number of imide groups is 2. The lowest BCUT2D eigenvalue weighted by atomic mass is 9.67. The Bertz CT molecular complexity index is 1320. The van der Waals surface area contributed by atoms with E-state index in [1.807, 2.05) is 11.1 Å². The van der Waals surface area contributed by atoms with Crippen LogP contribution in [-0.4, -0.2) is 107 Å². The minimum Gasteiger partial charge on any atom is -0.393 e. The predicted molar refractivity (Wildman–Crippen MR) is 203 cm³/mol. The number of aliphatic hydroxyl groups is 1. The number of ether oxygens (including phenoxy) is 1. The van der Waals surface area contributed by atoms with Crippen LogP contribution in [0.3, 0.4) is 0 Å². The highest BCUT2D eigenvalue weighted by Crippen LogP contribution is 2.46. The zero-order chi connectivity index (χ0) is 36.9. The molecule has 3 aliphatic heterocycles. The molecule has 7 rings (SSSR count). The van der Waals surface area contributed by atoms with Crippen molar-refractivity contribution in [3.63, 3.8) is 0 Å². The van der Waals surface area contributed by atoms with Gasteiger partial charge in [-0.2, -0.15) is 0 Å². The van der Waals surface area contributed by atoms with Crippen molar-refractivity contribution in [2.75, 3.05) is 39.3 Å². The van der Waals surface area contributed by atoms with Crippen LogP contribution in [0.5, 0.6) is 0 Å². The molecule has 4 amide bonds. The van der Waals surface area contributed by atoms with Crippen LogP contribution >= 0.6 is 0 Å². The van der Waals surface area contributed by atoms with Crippen molar-refractivity contribution in [3.05, 3.63) is 11.1 Å². The van der Waals surface area contributed by atoms with Gasteiger partial charge in [-0.3, -0.25) is 34.3 Å². The molecule has 0 aromatic carbocycles. The van der Waals surface area contributed by atoms with Gasteiger partial charge in [-0.15, -0.1) is 0 Å². The molecule has 3 saturated heterocycles. The van der Waals surface area contributed by atoms with Gasteiger partial charge in [-0.25, -0.2) is 0 Å². The van der Waals surface area contributed by atoms with Crippen LogP contribution in [0.15, 0.2) is 11.1 Å². The molecular weight excluding hydrogens is 668 g/mol. The molecule has 4 aliphatic carbocycles. The number of piperidine rings is 1. The molecule has 3 heterocycles. The molecule has 0 aromatic heterocycles. The number of unbranched alkanes of at least 4 members (excludes halogenated alkanes) is 1. The monoisotopic (exact) mass is 737 g/mol. The lowest BCUT2D eigenvalue weighted by Gasteiger charge is -2.44. The minimum absolute atomic E-state index is 0.0312. The highest BCUT2D eigenvalue weighted by atomic mass is 16.5. The average Bonchev–Trinajstić information content (AvgIpc) is 3.42. The number of rotatable bonds is 12. The number of likely N-dealkylation sites (tertiary alicyclic amines) is 1. The van der Waals surface area contributed by atoms with Gasteiger partial charge in [0, 0.05) is 45.2 Å². The maximum absolute atomic E-state index is 13.3. The summed E-state index contributed by atoms with van der Waals surface area (Å²) in [7, 11) is 0. The molecule has 4 atom stereocenters. The second kappa shape index (κ2) is 18.2. The largest absolute Gasteiger partial charge is 0.393 e. The normalized spacial score (nSPS) is 36.0. The summed E-state index contributed by atoms with van der Waals surface area (Å²) in [6, 6.07) is -0.137. The van der Waals surface area contributed by atoms with Gasteiger partial charge < -0.3 is 14.7 Å². The molecule has 10 nitrogen and oxygen atoms in total.